The minimum Gasteiger partial charge on any atom is -0.354 e. The molecule has 0 saturated carbocycles. The standard InChI is InChI=1S/C18H21ClN2O3S2/c1-26(23,24)21(13-15-5-3-2-4-6-15)14-18(22)20-11-12-25-17-9-7-16(19)8-10-17/h2-10H,11-14H2,1H3,(H,20,22). The first-order valence-corrected chi connectivity index (χ1v) is 11.2. The Hall–Kier alpha value is -1.54. The molecule has 0 aliphatic rings. The zero-order valence-corrected chi connectivity index (χ0v) is 16.8. The highest BCUT2D eigenvalue weighted by Gasteiger charge is 2.20. The lowest BCUT2D eigenvalue weighted by Gasteiger charge is -2.19. The van der Waals surface area contributed by atoms with E-state index in [1.54, 1.807) is 11.8 Å². The van der Waals surface area contributed by atoms with E-state index in [4.69, 9.17) is 11.6 Å². The number of amides is 1. The molecule has 1 amide bonds. The molecule has 2 aromatic carbocycles. The van der Waals surface area contributed by atoms with Crippen LogP contribution in [0, 0.1) is 0 Å². The Morgan fingerprint density at radius 3 is 2.38 bits per heavy atom. The molecule has 0 spiro atoms. The topological polar surface area (TPSA) is 66.5 Å². The van der Waals surface area contributed by atoms with Crippen LogP contribution >= 0.6 is 23.4 Å². The maximum atomic E-state index is 12.1. The highest BCUT2D eigenvalue weighted by Crippen LogP contribution is 2.19. The lowest BCUT2D eigenvalue weighted by atomic mass is 10.2. The number of sulfonamides is 1. The molecule has 0 radical (unpaired) electrons. The molecule has 0 aliphatic heterocycles. The van der Waals surface area contributed by atoms with E-state index in [0.29, 0.717) is 17.3 Å². The molecule has 8 heteroatoms. The summed E-state index contributed by atoms with van der Waals surface area (Å²) in [6.07, 6.45) is 1.11. The average molecular weight is 413 g/mol. The quantitative estimate of drug-likeness (QED) is 0.508. The number of benzene rings is 2. The molecular formula is C18H21ClN2O3S2. The molecule has 0 heterocycles. The molecule has 2 rings (SSSR count). The summed E-state index contributed by atoms with van der Waals surface area (Å²) in [5.74, 6) is 0.369. The fourth-order valence-electron chi connectivity index (χ4n) is 2.18. The smallest absolute Gasteiger partial charge is 0.235 e. The van der Waals surface area contributed by atoms with Crippen molar-refractivity contribution in [1.29, 1.82) is 0 Å². The van der Waals surface area contributed by atoms with Crippen LogP contribution in [0.4, 0.5) is 0 Å². The second kappa shape index (κ2) is 9.97. The Labute approximate surface area is 163 Å². The minimum atomic E-state index is -3.48. The van der Waals surface area contributed by atoms with Crippen molar-refractivity contribution in [2.24, 2.45) is 0 Å². The Kier molecular flexibility index (Phi) is 7.96. The zero-order chi connectivity index (χ0) is 19.0. The van der Waals surface area contributed by atoms with Crippen LogP contribution in [0.25, 0.3) is 0 Å². The van der Waals surface area contributed by atoms with Gasteiger partial charge in [0, 0.05) is 28.8 Å². The summed E-state index contributed by atoms with van der Waals surface area (Å²) >= 11 is 7.43. The van der Waals surface area contributed by atoms with Crippen LogP contribution in [0.3, 0.4) is 0 Å². The Balaban J connectivity index is 1.80. The van der Waals surface area contributed by atoms with Gasteiger partial charge in [0.05, 0.1) is 12.8 Å². The minimum absolute atomic E-state index is 0.173. The van der Waals surface area contributed by atoms with E-state index in [0.717, 1.165) is 16.7 Å². The molecule has 26 heavy (non-hydrogen) atoms. The Morgan fingerprint density at radius 2 is 1.77 bits per heavy atom. The van der Waals surface area contributed by atoms with Gasteiger partial charge in [-0.25, -0.2) is 8.42 Å². The van der Waals surface area contributed by atoms with Crippen LogP contribution < -0.4 is 5.32 Å². The maximum Gasteiger partial charge on any atom is 0.235 e. The fourth-order valence-corrected chi connectivity index (χ4v) is 3.81. The van der Waals surface area contributed by atoms with E-state index in [2.05, 4.69) is 5.32 Å². The van der Waals surface area contributed by atoms with Gasteiger partial charge in [0.15, 0.2) is 0 Å². The van der Waals surface area contributed by atoms with Gasteiger partial charge in [-0.2, -0.15) is 4.31 Å². The van der Waals surface area contributed by atoms with E-state index in [1.165, 1.54) is 4.31 Å². The second-order valence-electron chi connectivity index (χ2n) is 5.67. The van der Waals surface area contributed by atoms with Gasteiger partial charge >= 0.3 is 0 Å². The Bertz CT molecular complexity index is 812. The van der Waals surface area contributed by atoms with Gasteiger partial charge in [0.2, 0.25) is 15.9 Å². The largest absolute Gasteiger partial charge is 0.354 e. The van der Waals surface area contributed by atoms with Crippen LogP contribution in [0.1, 0.15) is 5.56 Å². The van der Waals surface area contributed by atoms with Gasteiger partial charge in [0.25, 0.3) is 0 Å². The third-order valence-corrected chi connectivity index (χ3v) is 5.96. The van der Waals surface area contributed by atoms with Crippen LogP contribution in [-0.2, 0) is 21.4 Å². The van der Waals surface area contributed by atoms with E-state index in [1.807, 2.05) is 54.6 Å². The Morgan fingerprint density at radius 1 is 1.12 bits per heavy atom. The number of thioether (sulfide) groups is 1. The summed E-state index contributed by atoms with van der Waals surface area (Å²) in [6, 6.07) is 16.7. The van der Waals surface area contributed by atoms with Crippen molar-refractivity contribution < 1.29 is 13.2 Å². The van der Waals surface area contributed by atoms with Crippen LogP contribution in [0.15, 0.2) is 59.5 Å². The summed E-state index contributed by atoms with van der Waals surface area (Å²) in [5.41, 5.74) is 0.837. The van der Waals surface area contributed by atoms with Crippen molar-refractivity contribution in [1.82, 2.24) is 9.62 Å². The molecule has 0 aliphatic carbocycles. The number of nitrogens with one attached hydrogen (secondary N) is 1. The molecule has 0 saturated heterocycles. The molecule has 0 fully saturated rings. The number of hydrogen-bond donors (Lipinski definition) is 1. The van der Waals surface area contributed by atoms with E-state index in [9.17, 15) is 13.2 Å². The lowest BCUT2D eigenvalue weighted by Crippen LogP contribution is -2.40. The van der Waals surface area contributed by atoms with Crippen LogP contribution in [0.2, 0.25) is 5.02 Å². The van der Waals surface area contributed by atoms with Gasteiger partial charge in [-0.15, -0.1) is 11.8 Å². The number of halogens is 1. The van der Waals surface area contributed by atoms with E-state index < -0.39 is 10.0 Å². The highest BCUT2D eigenvalue weighted by atomic mass is 35.5. The summed E-state index contributed by atoms with van der Waals surface area (Å²) in [6.45, 7) is 0.432. The zero-order valence-electron chi connectivity index (χ0n) is 14.4. The summed E-state index contributed by atoms with van der Waals surface area (Å²) in [7, 11) is -3.48. The van der Waals surface area contributed by atoms with Crippen molar-refractivity contribution in [3.63, 3.8) is 0 Å². The van der Waals surface area contributed by atoms with Gasteiger partial charge in [-0.3, -0.25) is 4.79 Å². The number of carbonyl (C=O) groups excluding carboxylic acids is 1. The normalized spacial score (nSPS) is 11.5. The second-order valence-corrected chi connectivity index (χ2v) is 9.26. The summed E-state index contributed by atoms with van der Waals surface area (Å²) in [4.78, 5) is 13.2. The van der Waals surface area contributed by atoms with Gasteiger partial charge in [0.1, 0.15) is 0 Å². The molecule has 0 bridgehead atoms. The molecule has 2 aromatic rings. The lowest BCUT2D eigenvalue weighted by molar-refractivity contribution is -0.121. The number of rotatable bonds is 9. The van der Waals surface area contributed by atoms with E-state index >= 15 is 0 Å². The maximum absolute atomic E-state index is 12.1. The van der Waals surface area contributed by atoms with Crippen LogP contribution in [0.5, 0.6) is 0 Å². The third kappa shape index (κ3) is 7.37. The first-order chi connectivity index (χ1) is 12.3. The number of hydrogen-bond acceptors (Lipinski definition) is 4. The van der Waals surface area contributed by atoms with Crippen molar-refractivity contribution in [3.05, 3.63) is 65.2 Å². The summed E-state index contributed by atoms with van der Waals surface area (Å²) < 4.78 is 25.1. The molecule has 5 nitrogen and oxygen atoms in total. The van der Waals surface area contributed by atoms with Crippen molar-refractivity contribution in [3.8, 4) is 0 Å². The monoisotopic (exact) mass is 412 g/mol. The highest BCUT2D eigenvalue weighted by molar-refractivity contribution is 7.99. The molecule has 0 atom stereocenters. The van der Waals surface area contributed by atoms with Gasteiger partial charge < -0.3 is 5.32 Å². The number of nitrogens with zero attached hydrogens (tertiary/aromatic N) is 1. The average Bonchev–Trinajstić information content (AvgIpc) is 2.60. The molecule has 0 aromatic heterocycles. The summed E-state index contributed by atoms with van der Waals surface area (Å²) in [5, 5.41) is 3.44. The predicted octanol–water partition coefficient (Wildman–Crippen LogP) is 3.01. The van der Waals surface area contributed by atoms with Crippen molar-refractivity contribution in [2.45, 2.75) is 11.4 Å². The van der Waals surface area contributed by atoms with Gasteiger partial charge in [-0.1, -0.05) is 41.9 Å². The van der Waals surface area contributed by atoms with Crippen LogP contribution in [-0.4, -0.2) is 43.7 Å². The predicted molar refractivity (Wildman–Crippen MR) is 107 cm³/mol. The SMILES string of the molecule is CS(=O)(=O)N(CC(=O)NCCSc1ccc(Cl)cc1)Cc1ccccc1. The first-order valence-electron chi connectivity index (χ1n) is 7.99. The van der Waals surface area contributed by atoms with Gasteiger partial charge in [-0.05, 0) is 29.8 Å². The molecule has 0 unspecified atom stereocenters. The molecular weight excluding hydrogens is 392 g/mol. The molecule has 140 valence electrons. The first kappa shape index (κ1) is 20.8. The third-order valence-electron chi connectivity index (χ3n) is 3.50. The van der Waals surface area contributed by atoms with E-state index in [-0.39, 0.29) is 19.0 Å². The number of carbonyl (C=O) groups is 1. The molecule has 1 N–H and O–H groups in total. The van der Waals surface area contributed by atoms with Crippen molar-refractivity contribution in [2.75, 3.05) is 25.1 Å². The van der Waals surface area contributed by atoms with Crippen molar-refractivity contribution >= 4 is 39.3 Å². The fraction of sp³-hybridized carbons (Fsp3) is 0.278.